The van der Waals surface area contributed by atoms with Crippen molar-refractivity contribution < 1.29 is 27.8 Å². The lowest BCUT2D eigenvalue weighted by atomic mass is 9.95. The van der Waals surface area contributed by atoms with Crippen molar-refractivity contribution in [3.05, 3.63) is 41.5 Å². The Morgan fingerprint density at radius 3 is 2.80 bits per heavy atom. The van der Waals surface area contributed by atoms with Crippen LogP contribution < -0.4 is 20.5 Å². The number of nitrogens with zero attached hydrogens (tertiary/aromatic N) is 4. The lowest BCUT2D eigenvalue weighted by molar-refractivity contribution is 0.107. The van der Waals surface area contributed by atoms with Crippen LogP contribution in [0.4, 0.5) is 19.0 Å². The summed E-state index contributed by atoms with van der Waals surface area (Å²) in [4.78, 5) is 15.7. The maximum absolute atomic E-state index is 16.8. The summed E-state index contributed by atoms with van der Waals surface area (Å²) in [5.41, 5.74) is 4.78. The van der Waals surface area contributed by atoms with Crippen molar-refractivity contribution >= 4 is 27.5 Å². The van der Waals surface area contributed by atoms with Gasteiger partial charge in [0.15, 0.2) is 5.82 Å². The molecule has 9 nitrogen and oxygen atoms in total. The van der Waals surface area contributed by atoms with E-state index in [9.17, 15) is 13.9 Å². The third-order valence-corrected chi connectivity index (χ3v) is 8.43. The number of hydrogen-bond donors (Lipinski definition) is 3. The Hall–Kier alpha value is -4.34. The molecule has 0 radical (unpaired) electrons. The molecule has 4 N–H and O–H groups in total. The first-order chi connectivity index (χ1) is 21.6. The summed E-state index contributed by atoms with van der Waals surface area (Å²) in [7, 11) is 0. The molecule has 0 saturated carbocycles. The van der Waals surface area contributed by atoms with Gasteiger partial charge in [0.05, 0.1) is 17.2 Å². The lowest BCUT2D eigenvalue weighted by Gasteiger charge is -2.30. The molecule has 2 aromatic carbocycles. The van der Waals surface area contributed by atoms with Crippen LogP contribution in [0.1, 0.15) is 45.1 Å². The third-order valence-electron chi connectivity index (χ3n) is 8.43. The molecule has 2 atom stereocenters. The van der Waals surface area contributed by atoms with Gasteiger partial charge < -0.3 is 25.6 Å². The van der Waals surface area contributed by atoms with E-state index >= 15 is 4.39 Å². The molecule has 2 saturated heterocycles. The summed E-state index contributed by atoms with van der Waals surface area (Å²) < 4.78 is 58.3. The van der Waals surface area contributed by atoms with Gasteiger partial charge in [-0.2, -0.15) is 9.97 Å². The molecule has 2 aliphatic rings. The number of nitrogens with one attached hydrogen (secondary N) is 1. The van der Waals surface area contributed by atoms with Crippen LogP contribution in [-0.2, 0) is 0 Å². The van der Waals surface area contributed by atoms with Gasteiger partial charge in [-0.3, -0.25) is 4.90 Å². The van der Waals surface area contributed by atoms with Crippen LogP contribution >= 0.6 is 0 Å². The Kier molecular flexibility index (Phi) is 8.33. The van der Waals surface area contributed by atoms with Crippen LogP contribution in [0, 0.1) is 24.0 Å². The van der Waals surface area contributed by atoms with E-state index in [0.717, 1.165) is 19.4 Å². The molecule has 2 aromatic heterocycles. The van der Waals surface area contributed by atoms with Gasteiger partial charge in [0.2, 0.25) is 5.88 Å². The van der Waals surface area contributed by atoms with E-state index in [4.69, 9.17) is 21.6 Å². The number of terminal acetylenes is 1. The molecule has 2 fully saturated rings. The Bertz CT molecular complexity index is 1810. The molecule has 12 heteroatoms. The van der Waals surface area contributed by atoms with Crippen LogP contribution in [0.3, 0.4) is 0 Å². The van der Waals surface area contributed by atoms with Crippen LogP contribution in [0.5, 0.6) is 17.6 Å². The fourth-order valence-electron chi connectivity index (χ4n) is 6.51. The Morgan fingerprint density at radius 1 is 1.22 bits per heavy atom. The van der Waals surface area contributed by atoms with Gasteiger partial charge >= 0.3 is 6.01 Å². The van der Waals surface area contributed by atoms with Crippen molar-refractivity contribution in [2.24, 2.45) is 5.73 Å². The molecule has 4 heterocycles. The fourth-order valence-corrected chi connectivity index (χ4v) is 6.51. The number of fused-ring (bicyclic) bond motifs is 3. The number of aromatic nitrogens is 3. The van der Waals surface area contributed by atoms with Crippen LogP contribution in [0.2, 0.25) is 0 Å². The van der Waals surface area contributed by atoms with Gasteiger partial charge in [0.25, 0.3) is 0 Å². The normalized spacial score (nSPS) is 19.7. The highest BCUT2D eigenvalue weighted by atomic mass is 19.1. The number of ether oxygens (including phenoxy) is 2. The monoisotopic (exact) mass is 620 g/mol. The van der Waals surface area contributed by atoms with Gasteiger partial charge in [0.1, 0.15) is 46.8 Å². The number of benzene rings is 2. The second kappa shape index (κ2) is 12.2. The number of aromatic hydroxyl groups is 1. The van der Waals surface area contributed by atoms with E-state index in [1.54, 1.807) is 13.8 Å². The lowest BCUT2D eigenvalue weighted by Crippen LogP contribution is -2.43. The summed E-state index contributed by atoms with van der Waals surface area (Å²) in [6.07, 6.45) is 7.00. The number of phenols is 1. The molecule has 2 aliphatic heterocycles. The second-order valence-corrected chi connectivity index (χ2v) is 11.9. The quantitative estimate of drug-likeness (QED) is 0.160. The maximum atomic E-state index is 16.8. The van der Waals surface area contributed by atoms with E-state index in [1.807, 2.05) is 0 Å². The number of anilines is 1. The molecule has 6 rings (SSSR count). The van der Waals surface area contributed by atoms with Gasteiger partial charge in [0, 0.05) is 30.5 Å². The minimum absolute atomic E-state index is 0.0185. The SMILES string of the molecule is C#Cc1c(F)ccc2cc(O)cc(-c3nc(OC(C)C)c4c(NCCCN)nc(OC[C@@]56CCCN5C[C@H](F)C6)nc4c3F)c12. The van der Waals surface area contributed by atoms with Crippen molar-refractivity contribution in [3.8, 4) is 41.2 Å². The highest BCUT2D eigenvalue weighted by molar-refractivity contribution is 6.04. The number of nitrogens with two attached hydrogens (primary N) is 1. The van der Waals surface area contributed by atoms with Crippen molar-refractivity contribution in [1.82, 2.24) is 19.9 Å². The molecule has 0 amide bonds. The van der Waals surface area contributed by atoms with E-state index in [2.05, 4.69) is 31.1 Å². The molecule has 0 unspecified atom stereocenters. The number of rotatable bonds is 10. The number of halogens is 3. The smallest absolute Gasteiger partial charge is 0.319 e. The highest BCUT2D eigenvalue weighted by Crippen LogP contribution is 2.43. The molecular weight excluding hydrogens is 585 g/mol. The number of pyridine rings is 1. The van der Waals surface area contributed by atoms with Crippen LogP contribution in [0.15, 0.2) is 24.3 Å². The Morgan fingerprint density at radius 2 is 2.04 bits per heavy atom. The first kappa shape index (κ1) is 30.7. The van der Waals surface area contributed by atoms with Crippen LogP contribution in [0.25, 0.3) is 32.9 Å². The minimum atomic E-state index is -0.948. The van der Waals surface area contributed by atoms with Crippen LogP contribution in [-0.4, -0.2) is 75.6 Å². The van der Waals surface area contributed by atoms with E-state index in [0.29, 0.717) is 37.9 Å². The van der Waals surface area contributed by atoms with Gasteiger partial charge in [-0.25, -0.2) is 18.2 Å². The van der Waals surface area contributed by atoms with E-state index in [1.165, 1.54) is 24.3 Å². The highest BCUT2D eigenvalue weighted by Gasteiger charge is 2.49. The molecule has 236 valence electrons. The molecule has 0 aliphatic carbocycles. The molecule has 0 spiro atoms. The summed E-state index contributed by atoms with van der Waals surface area (Å²) >= 11 is 0. The average molecular weight is 621 g/mol. The zero-order chi connectivity index (χ0) is 31.9. The summed E-state index contributed by atoms with van der Waals surface area (Å²) in [5.74, 6) is 0.844. The van der Waals surface area contributed by atoms with Crippen molar-refractivity contribution in [2.45, 2.75) is 57.3 Å². The standard InChI is InChI=1S/C33H35F3N6O3/c1-4-22-24(35)8-7-19-13-21(43)14-23(25(19)22)28-27(36)29-26(31(39-28)45-18(2)3)30(38-11-6-10-37)41-32(40-29)44-17-33-9-5-12-42(33)16-20(34)15-33/h1,7-8,13-14,18,20,43H,5-6,9-12,15-17,37H2,2-3H3,(H,38,40,41)/t20-,33+/m1/s1. The van der Waals surface area contributed by atoms with Gasteiger partial charge in [-0.15, -0.1) is 6.42 Å². The summed E-state index contributed by atoms with van der Waals surface area (Å²) in [6.45, 7) is 5.68. The summed E-state index contributed by atoms with van der Waals surface area (Å²) in [6, 6.07) is 5.22. The predicted molar refractivity (Wildman–Crippen MR) is 166 cm³/mol. The van der Waals surface area contributed by atoms with Crippen molar-refractivity contribution in [3.63, 3.8) is 0 Å². The minimum Gasteiger partial charge on any atom is -0.508 e. The van der Waals surface area contributed by atoms with Gasteiger partial charge in [-0.1, -0.05) is 12.0 Å². The van der Waals surface area contributed by atoms with E-state index < -0.39 is 23.3 Å². The average Bonchev–Trinajstić information content (AvgIpc) is 3.52. The third kappa shape index (κ3) is 5.66. The first-order valence-corrected chi connectivity index (χ1v) is 15.1. The first-order valence-electron chi connectivity index (χ1n) is 15.1. The number of alkyl halides is 1. The topological polar surface area (TPSA) is 119 Å². The van der Waals surface area contributed by atoms with E-state index in [-0.39, 0.29) is 69.3 Å². The largest absolute Gasteiger partial charge is 0.508 e. The maximum Gasteiger partial charge on any atom is 0.319 e. The predicted octanol–water partition coefficient (Wildman–Crippen LogP) is 5.31. The molecule has 0 bridgehead atoms. The zero-order valence-corrected chi connectivity index (χ0v) is 25.2. The second-order valence-electron chi connectivity index (χ2n) is 11.9. The Labute approximate surface area is 259 Å². The molecular formula is C33H35F3N6O3. The number of hydrogen-bond acceptors (Lipinski definition) is 9. The summed E-state index contributed by atoms with van der Waals surface area (Å²) in [5, 5.41) is 14.5. The molecule has 4 aromatic rings. The number of phenolic OH excluding ortho intramolecular Hbond substituents is 1. The fraction of sp³-hybridized carbons (Fsp3) is 0.424. The van der Waals surface area contributed by atoms with Gasteiger partial charge in [-0.05, 0) is 69.8 Å². The van der Waals surface area contributed by atoms with Crippen molar-refractivity contribution in [1.29, 1.82) is 0 Å². The molecule has 45 heavy (non-hydrogen) atoms. The van der Waals surface area contributed by atoms with Crippen molar-refractivity contribution in [2.75, 3.05) is 38.1 Å². The zero-order valence-electron chi connectivity index (χ0n) is 25.2. The Balaban J connectivity index is 1.56.